The Labute approximate surface area is 170 Å². The highest BCUT2D eigenvalue weighted by Gasteiger charge is 2.14. The van der Waals surface area contributed by atoms with Gasteiger partial charge in [0.2, 0.25) is 5.91 Å². The van der Waals surface area contributed by atoms with Crippen LogP contribution in [0.3, 0.4) is 0 Å². The molecule has 2 heterocycles. The maximum absolute atomic E-state index is 12.4. The molecule has 0 aliphatic carbocycles. The molecule has 1 amide bonds. The van der Waals surface area contributed by atoms with Crippen LogP contribution in [0.15, 0.2) is 57.7 Å². The van der Waals surface area contributed by atoms with Gasteiger partial charge in [-0.15, -0.1) is 11.3 Å². The fourth-order valence-corrected chi connectivity index (χ4v) is 3.94. The lowest BCUT2D eigenvalue weighted by molar-refractivity contribution is -0.116. The van der Waals surface area contributed by atoms with Crippen LogP contribution in [0.4, 0.5) is 5.13 Å². The number of nitrogens with zero attached hydrogens (tertiary/aromatic N) is 2. The van der Waals surface area contributed by atoms with Crippen LogP contribution in [0.2, 0.25) is 0 Å². The number of ether oxygens (including phenoxy) is 1. The Bertz CT molecular complexity index is 1220. The van der Waals surface area contributed by atoms with Gasteiger partial charge in [-0.2, -0.15) is 0 Å². The number of thiazole rings is 1. The molecule has 2 aromatic heterocycles. The van der Waals surface area contributed by atoms with Crippen molar-refractivity contribution in [2.45, 2.75) is 19.9 Å². The second kappa shape index (κ2) is 7.92. The zero-order valence-electron chi connectivity index (χ0n) is 16.0. The SMILES string of the molecule is COc1ccc(-c2nc(NC(=O)CCn3c(=O)oc4ccccc43)sc2C)cc1. The number of aromatic nitrogens is 2. The van der Waals surface area contributed by atoms with Crippen molar-refractivity contribution in [1.82, 2.24) is 9.55 Å². The average Bonchev–Trinajstić information content (AvgIpc) is 3.25. The second-order valence-corrected chi connectivity index (χ2v) is 7.64. The Morgan fingerprint density at radius 3 is 2.72 bits per heavy atom. The summed E-state index contributed by atoms with van der Waals surface area (Å²) in [5.74, 6) is 0.0975. The summed E-state index contributed by atoms with van der Waals surface area (Å²) in [5, 5.41) is 3.35. The van der Waals surface area contributed by atoms with E-state index in [2.05, 4.69) is 10.3 Å². The maximum atomic E-state index is 12.4. The number of carbonyl (C=O) groups excluding carboxylic acids is 1. The van der Waals surface area contributed by atoms with Crippen LogP contribution in [-0.2, 0) is 11.3 Å². The van der Waals surface area contributed by atoms with Gasteiger partial charge >= 0.3 is 5.76 Å². The normalized spacial score (nSPS) is 11.0. The first-order valence-corrected chi connectivity index (χ1v) is 9.87. The molecule has 0 aliphatic heterocycles. The summed E-state index contributed by atoms with van der Waals surface area (Å²) in [4.78, 5) is 29.9. The number of hydrogen-bond acceptors (Lipinski definition) is 6. The summed E-state index contributed by atoms with van der Waals surface area (Å²) in [6.07, 6.45) is 0.139. The molecule has 29 heavy (non-hydrogen) atoms. The average molecular weight is 409 g/mol. The molecule has 0 atom stereocenters. The minimum atomic E-state index is -0.467. The van der Waals surface area contributed by atoms with Crippen LogP contribution in [0.1, 0.15) is 11.3 Å². The topological polar surface area (TPSA) is 86.4 Å². The van der Waals surface area contributed by atoms with Crippen molar-refractivity contribution >= 4 is 33.5 Å². The molecule has 2 aromatic carbocycles. The van der Waals surface area contributed by atoms with Crippen molar-refractivity contribution < 1.29 is 13.9 Å². The molecule has 0 fully saturated rings. The van der Waals surface area contributed by atoms with Gasteiger partial charge in [-0.1, -0.05) is 12.1 Å². The molecule has 4 rings (SSSR count). The van der Waals surface area contributed by atoms with Crippen molar-refractivity contribution in [3.05, 3.63) is 64.0 Å². The summed E-state index contributed by atoms with van der Waals surface area (Å²) >= 11 is 1.42. The maximum Gasteiger partial charge on any atom is 0.419 e. The highest BCUT2D eigenvalue weighted by atomic mass is 32.1. The van der Waals surface area contributed by atoms with Gasteiger partial charge in [0.1, 0.15) is 5.75 Å². The standard InChI is InChI=1S/C21H19N3O4S/c1-13-19(14-7-9-15(27-2)10-8-14)23-20(29-13)22-18(25)11-12-24-16-5-3-4-6-17(16)28-21(24)26/h3-10H,11-12H2,1-2H3,(H,22,23,25). The lowest BCUT2D eigenvalue weighted by Gasteiger charge is -2.03. The Morgan fingerprint density at radius 1 is 1.21 bits per heavy atom. The smallest absolute Gasteiger partial charge is 0.419 e. The third-order valence-corrected chi connectivity index (χ3v) is 5.43. The van der Waals surface area contributed by atoms with E-state index < -0.39 is 5.76 Å². The van der Waals surface area contributed by atoms with Gasteiger partial charge in [0.05, 0.1) is 18.3 Å². The van der Waals surface area contributed by atoms with Crippen molar-refractivity contribution in [3.63, 3.8) is 0 Å². The molecule has 0 bridgehead atoms. The first-order chi connectivity index (χ1) is 14.0. The predicted molar refractivity (Wildman–Crippen MR) is 113 cm³/mol. The number of rotatable bonds is 6. The van der Waals surface area contributed by atoms with E-state index in [1.54, 1.807) is 25.3 Å². The number of hydrogen-bond donors (Lipinski definition) is 1. The van der Waals surface area contributed by atoms with Crippen molar-refractivity contribution in [2.24, 2.45) is 0 Å². The van der Waals surface area contributed by atoms with Gasteiger partial charge in [-0.05, 0) is 43.3 Å². The third kappa shape index (κ3) is 3.93. The van der Waals surface area contributed by atoms with Crippen LogP contribution in [0, 0.1) is 6.92 Å². The molecule has 7 nitrogen and oxygen atoms in total. The lowest BCUT2D eigenvalue weighted by atomic mass is 10.1. The minimum Gasteiger partial charge on any atom is -0.497 e. The van der Waals surface area contributed by atoms with Gasteiger partial charge in [0, 0.05) is 23.4 Å². The number of oxazole rings is 1. The molecule has 0 radical (unpaired) electrons. The molecule has 4 aromatic rings. The van der Waals surface area contributed by atoms with E-state index in [4.69, 9.17) is 9.15 Å². The molecule has 0 saturated carbocycles. The van der Waals surface area contributed by atoms with Crippen molar-refractivity contribution in [1.29, 1.82) is 0 Å². The van der Waals surface area contributed by atoms with Gasteiger partial charge in [0.15, 0.2) is 10.7 Å². The lowest BCUT2D eigenvalue weighted by Crippen LogP contribution is -2.19. The van der Waals surface area contributed by atoms with E-state index in [-0.39, 0.29) is 18.9 Å². The van der Waals surface area contributed by atoms with Gasteiger partial charge < -0.3 is 14.5 Å². The fourth-order valence-electron chi connectivity index (χ4n) is 3.09. The Kier molecular flexibility index (Phi) is 5.18. The quantitative estimate of drug-likeness (QED) is 0.519. The molecule has 8 heteroatoms. The van der Waals surface area contributed by atoms with Crippen LogP contribution in [0.5, 0.6) is 5.75 Å². The Hall–Kier alpha value is -3.39. The van der Waals surface area contributed by atoms with E-state index >= 15 is 0 Å². The largest absolute Gasteiger partial charge is 0.497 e. The Balaban J connectivity index is 1.44. The van der Waals surface area contributed by atoms with Gasteiger partial charge in [0.25, 0.3) is 0 Å². The molecule has 0 saturated heterocycles. The molecular formula is C21H19N3O4S. The number of anilines is 1. The number of benzene rings is 2. The summed E-state index contributed by atoms with van der Waals surface area (Å²) in [6.45, 7) is 2.20. The molecular weight excluding hydrogens is 390 g/mol. The summed E-state index contributed by atoms with van der Waals surface area (Å²) < 4.78 is 11.8. The summed E-state index contributed by atoms with van der Waals surface area (Å²) in [7, 11) is 1.62. The van der Waals surface area contributed by atoms with E-state index in [0.717, 1.165) is 21.9 Å². The highest BCUT2D eigenvalue weighted by Crippen LogP contribution is 2.31. The summed E-state index contributed by atoms with van der Waals surface area (Å²) in [6, 6.07) is 14.8. The van der Waals surface area contributed by atoms with Crippen LogP contribution >= 0.6 is 11.3 Å². The van der Waals surface area contributed by atoms with Gasteiger partial charge in [-0.25, -0.2) is 9.78 Å². The number of nitrogens with one attached hydrogen (secondary N) is 1. The number of carbonyl (C=O) groups is 1. The predicted octanol–water partition coefficient (Wildman–Crippen LogP) is 4.06. The highest BCUT2D eigenvalue weighted by molar-refractivity contribution is 7.16. The van der Waals surface area contributed by atoms with Crippen molar-refractivity contribution in [3.8, 4) is 17.0 Å². The van der Waals surface area contributed by atoms with E-state index in [0.29, 0.717) is 16.2 Å². The number of para-hydroxylation sites is 2. The zero-order valence-corrected chi connectivity index (χ0v) is 16.8. The van der Waals surface area contributed by atoms with Crippen LogP contribution in [-0.4, -0.2) is 22.6 Å². The van der Waals surface area contributed by atoms with E-state index in [1.165, 1.54) is 15.9 Å². The second-order valence-electron chi connectivity index (χ2n) is 6.44. The molecule has 148 valence electrons. The van der Waals surface area contributed by atoms with E-state index in [9.17, 15) is 9.59 Å². The van der Waals surface area contributed by atoms with E-state index in [1.807, 2.05) is 37.3 Å². The molecule has 0 unspecified atom stereocenters. The first kappa shape index (κ1) is 18.9. The van der Waals surface area contributed by atoms with Crippen LogP contribution in [0.25, 0.3) is 22.4 Å². The van der Waals surface area contributed by atoms with Crippen LogP contribution < -0.4 is 15.8 Å². The first-order valence-electron chi connectivity index (χ1n) is 9.05. The fraction of sp³-hybridized carbons (Fsp3) is 0.190. The monoisotopic (exact) mass is 409 g/mol. The molecule has 1 N–H and O–H groups in total. The molecule has 0 aliphatic rings. The number of amides is 1. The number of methoxy groups -OCH3 is 1. The molecule has 0 spiro atoms. The van der Waals surface area contributed by atoms with Crippen molar-refractivity contribution in [2.75, 3.05) is 12.4 Å². The Morgan fingerprint density at radius 2 is 1.97 bits per heavy atom. The number of fused-ring (bicyclic) bond motifs is 1. The number of aryl methyl sites for hydroxylation is 2. The summed E-state index contributed by atoms with van der Waals surface area (Å²) in [5.41, 5.74) is 2.97. The minimum absolute atomic E-state index is 0.139. The third-order valence-electron chi connectivity index (χ3n) is 4.54. The zero-order chi connectivity index (χ0) is 20.4. The van der Waals surface area contributed by atoms with Gasteiger partial charge in [-0.3, -0.25) is 9.36 Å².